The number of amides is 1. The fourth-order valence-corrected chi connectivity index (χ4v) is 5.02. The molecule has 0 aliphatic carbocycles. The molecule has 3 aromatic carbocycles. The number of nitrogens with zero attached hydrogens (tertiary/aromatic N) is 4. The second-order valence-electron chi connectivity index (χ2n) is 9.90. The van der Waals surface area contributed by atoms with Crippen LogP contribution in [0.4, 0.5) is 4.39 Å². The molecule has 2 heterocycles. The molecule has 1 saturated heterocycles. The van der Waals surface area contributed by atoms with E-state index in [0.29, 0.717) is 13.0 Å². The quantitative estimate of drug-likeness (QED) is 0.498. The summed E-state index contributed by atoms with van der Waals surface area (Å²) in [6.45, 7) is 8.93. The highest BCUT2D eigenvalue weighted by Gasteiger charge is 2.34. The van der Waals surface area contributed by atoms with E-state index < -0.39 is 0 Å². The van der Waals surface area contributed by atoms with Gasteiger partial charge in [0.05, 0.1) is 18.3 Å². The van der Waals surface area contributed by atoms with Crippen LogP contribution in [0.25, 0.3) is 0 Å². The van der Waals surface area contributed by atoms with Crippen molar-refractivity contribution >= 4 is 11.6 Å². The van der Waals surface area contributed by atoms with Crippen molar-refractivity contribution in [2.75, 3.05) is 32.7 Å². The Bertz CT molecular complexity index is 1250. The summed E-state index contributed by atoms with van der Waals surface area (Å²) in [6, 6.07) is 23.0. The molecule has 36 heavy (non-hydrogen) atoms. The first kappa shape index (κ1) is 24.3. The van der Waals surface area contributed by atoms with Gasteiger partial charge in [-0.25, -0.2) is 9.40 Å². The maximum Gasteiger partial charge on any atom is 0.257 e. The van der Waals surface area contributed by atoms with Gasteiger partial charge in [0.25, 0.3) is 5.91 Å². The van der Waals surface area contributed by atoms with E-state index in [1.54, 1.807) is 11.1 Å². The van der Waals surface area contributed by atoms with Crippen molar-refractivity contribution in [2.24, 2.45) is 5.10 Å². The molecule has 1 amide bonds. The van der Waals surface area contributed by atoms with Gasteiger partial charge in [0.15, 0.2) is 0 Å². The summed E-state index contributed by atoms with van der Waals surface area (Å²) in [5.74, 6) is -0.339. The SMILES string of the molecule is Cc1ccc(C2=NN(C(=O)CN3CCN(Cc4ccccc4)CC3)[C@H](c3cccc(F)c3)C2)cc1C. The summed E-state index contributed by atoms with van der Waals surface area (Å²) in [4.78, 5) is 18.2. The van der Waals surface area contributed by atoms with Crippen molar-refractivity contribution in [2.45, 2.75) is 32.9 Å². The Morgan fingerprint density at radius 1 is 0.889 bits per heavy atom. The molecule has 0 N–H and O–H groups in total. The first-order valence-electron chi connectivity index (χ1n) is 12.7. The Labute approximate surface area is 212 Å². The molecule has 3 aromatic rings. The lowest BCUT2D eigenvalue weighted by Crippen LogP contribution is -2.49. The van der Waals surface area contributed by atoms with Crippen LogP contribution in [0, 0.1) is 19.7 Å². The largest absolute Gasteiger partial charge is 0.297 e. The molecule has 186 valence electrons. The van der Waals surface area contributed by atoms with Crippen molar-refractivity contribution in [3.8, 4) is 0 Å². The highest BCUT2D eigenvalue weighted by atomic mass is 19.1. The number of hydrazone groups is 1. The number of hydrogen-bond donors (Lipinski definition) is 0. The first-order valence-corrected chi connectivity index (χ1v) is 12.7. The van der Waals surface area contributed by atoms with Gasteiger partial charge in [-0.15, -0.1) is 0 Å². The van der Waals surface area contributed by atoms with Gasteiger partial charge in [-0.2, -0.15) is 5.10 Å². The van der Waals surface area contributed by atoms with Crippen LogP contribution in [-0.2, 0) is 11.3 Å². The fourth-order valence-electron chi connectivity index (χ4n) is 5.02. The van der Waals surface area contributed by atoms with Gasteiger partial charge < -0.3 is 0 Å². The Morgan fingerprint density at radius 3 is 2.36 bits per heavy atom. The van der Waals surface area contributed by atoms with Crippen LogP contribution in [0.2, 0.25) is 0 Å². The highest BCUT2D eigenvalue weighted by Crippen LogP contribution is 2.33. The summed E-state index contributed by atoms with van der Waals surface area (Å²) in [6.07, 6.45) is 0.572. The third kappa shape index (κ3) is 5.55. The van der Waals surface area contributed by atoms with Crippen LogP contribution >= 0.6 is 0 Å². The summed E-state index contributed by atoms with van der Waals surface area (Å²) in [7, 11) is 0. The second kappa shape index (κ2) is 10.7. The summed E-state index contributed by atoms with van der Waals surface area (Å²) in [5.41, 5.74) is 6.38. The van der Waals surface area contributed by atoms with E-state index in [-0.39, 0.29) is 17.8 Å². The molecule has 5 nitrogen and oxygen atoms in total. The zero-order chi connectivity index (χ0) is 25.1. The Balaban J connectivity index is 1.29. The molecule has 2 aliphatic heterocycles. The number of carbonyl (C=O) groups excluding carboxylic acids is 1. The molecule has 0 bridgehead atoms. The minimum absolute atomic E-state index is 0.0420. The van der Waals surface area contributed by atoms with E-state index in [0.717, 1.165) is 49.6 Å². The van der Waals surface area contributed by atoms with Crippen molar-refractivity contribution in [3.63, 3.8) is 0 Å². The van der Waals surface area contributed by atoms with Crippen LogP contribution in [-0.4, -0.2) is 59.2 Å². The van der Waals surface area contributed by atoms with Crippen molar-refractivity contribution in [1.29, 1.82) is 0 Å². The molecule has 5 rings (SSSR count). The zero-order valence-electron chi connectivity index (χ0n) is 21.0. The summed E-state index contributed by atoms with van der Waals surface area (Å²) < 4.78 is 14.1. The normalized spacial score (nSPS) is 18.9. The number of aryl methyl sites for hydroxylation is 2. The monoisotopic (exact) mass is 484 g/mol. The first-order chi connectivity index (χ1) is 17.5. The number of piperazine rings is 1. The third-order valence-corrected chi connectivity index (χ3v) is 7.31. The minimum atomic E-state index is -0.302. The molecule has 6 heteroatoms. The fraction of sp³-hybridized carbons (Fsp3) is 0.333. The third-order valence-electron chi connectivity index (χ3n) is 7.31. The van der Waals surface area contributed by atoms with E-state index in [2.05, 4.69) is 66.1 Å². The molecular weight excluding hydrogens is 451 g/mol. The number of halogens is 1. The number of benzene rings is 3. The molecular formula is C30H33FN4O. The van der Waals surface area contributed by atoms with Gasteiger partial charge in [0, 0.05) is 39.1 Å². The van der Waals surface area contributed by atoms with Gasteiger partial charge in [-0.1, -0.05) is 54.6 Å². The summed E-state index contributed by atoms with van der Waals surface area (Å²) in [5, 5.41) is 6.39. The van der Waals surface area contributed by atoms with Crippen molar-refractivity contribution in [1.82, 2.24) is 14.8 Å². The lowest BCUT2D eigenvalue weighted by atomic mass is 9.96. The predicted octanol–water partition coefficient (Wildman–Crippen LogP) is 4.94. The number of rotatable bonds is 6. The van der Waals surface area contributed by atoms with E-state index >= 15 is 0 Å². The Kier molecular flexibility index (Phi) is 7.25. The van der Waals surface area contributed by atoms with Gasteiger partial charge in [-0.05, 0) is 59.9 Å². The molecule has 0 spiro atoms. The van der Waals surface area contributed by atoms with Crippen molar-refractivity contribution in [3.05, 3.63) is 106 Å². The second-order valence-corrected chi connectivity index (χ2v) is 9.90. The highest BCUT2D eigenvalue weighted by molar-refractivity contribution is 6.03. The summed E-state index contributed by atoms with van der Waals surface area (Å²) >= 11 is 0. The molecule has 2 aliphatic rings. The molecule has 1 fully saturated rings. The standard InChI is InChI=1S/C30H33FN4O/c1-22-11-12-25(17-23(22)2)28-19-29(26-9-6-10-27(31)18-26)35(32-28)30(36)21-34-15-13-33(14-16-34)20-24-7-4-3-5-8-24/h3-12,17-18,29H,13-16,19-21H2,1-2H3/t29-/m0/s1. The lowest BCUT2D eigenvalue weighted by Gasteiger charge is -2.35. The van der Waals surface area contributed by atoms with Crippen molar-refractivity contribution < 1.29 is 9.18 Å². The average molecular weight is 485 g/mol. The topological polar surface area (TPSA) is 39.2 Å². The van der Waals surface area contributed by atoms with E-state index in [4.69, 9.17) is 5.10 Å². The minimum Gasteiger partial charge on any atom is -0.297 e. The average Bonchev–Trinajstić information content (AvgIpc) is 3.33. The van der Waals surface area contributed by atoms with E-state index in [9.17, 15) is 9.18 Å². The molecule has 0 saturated carbocycles. The molecule has 0 radical (unpaired) electrons. The van der Waals surface area contributed by atoms with Gasteiger partial charge in [-0.3, -0.25) is 14.6 Å². The van der Waals surface area contributed by atoms with Gasteiger partial charge >= 0.3 is 0 Å². The van der Waals surface area contributed by atoms with Crippen LogP contribution in [0.1, 0.15) is 40.3 Å². The Morgan fingerprint density at radius 2 is 1.64 bits per heavy atom. The Hall–Kier alpha value is -3.35. The molecule has 1 atom stereocenters. The molecule has 0 unspecified atom stereocenters. The zero-order valence-corrected chi connectivity index (χ0v) is 21.0. The van der Waals surface area contributed by atoms with Crippen LogP contribution in [0.15, 0.2) is 77.9 Å². The van der Waals surface area contributed by atoms with Crippen LogP contribution in [0.5, 0.6) is 0 Å². The molecule has 0 aromatic heterocycles. The van der Waals surface area contributed by atoms with E-state index in [1.165, 1.54) is 28.8 Å². The maximum atomic E-state index is 14.1. The number of carbonyl (C=O) groups is 1. The predicted molar refractivity (Wildman–Crippen MR) is 141 cm³/mol. The van der Waals surface area contributed by atoms with Crippen LogP contribution in [0.3, 0.4) is 0 Å². The maximum absolute atomic E-state index is 14.1. The lowest BCUT2D eigenvalue weighted by molar-refractivity contribution is -0.134. The van der Waals surface area contributed by atoms with Gasteiger partial charge in [0.2, 0.25) is 0 Å². The van der Waals surface area contributed by atoms with Gasteiger partial charge in [0.1, 0.15) is 5.82 Å². The van der Waals surface area contributed by atoms with Crippen LogP contribution < -0.4 is 0 Å². The van der Waals surface area contributed by atoms with E-state index in [1.807, 2.05) is 12.1 Å². The number of hydrogen-bond acceptors (Lipinski definition) is 4. The smallest absolute Gasteiger partial charge is 0.257 e.